The first-order valence-electron chi connectivity index (χ1n) is 10.5. The third kappa shape index (κ3) is 4.35. The Kier molecular flexibility index (Phi) is 5.37. The second kappa shape index (κ2) is 7.75. The van der Waals surface area contributed by atoms with E-state index in [0.717, 1.165) is 35.4 Å². The van der Waals surface area contributed by atoms with Crippen LogP contribution in [0.25, 0.3) is 5.65 Å². The SMILES string of the molecule is CC(C)(C)c1cc2nccc(C3CCCN3C(=O)Cc3ccc(S(C)(=O)=O)cc3)n2n1. The predicted molar refractivity (Wildman–Crippen MR) is 119 cm³/mol. The lowest BCUT2D eigenvalue weighted by molar-refractivity contribution is -0.131. The first kappa shape index (κ1) is 21.5. The van der Waals surface area contributed by atoms with Crippen LogP contribution < -0.4 is 0 Å². The van der Waals surface area contributed by atoms with Crippen LogP contribution in [0.15, 0.2) is 47.5 Å². The van der Waals surface area contributed by atoms with Crippen molar-refractivity contribution in [3.8, 4) is 0 Å². The zero-order valence-electron chi connectivity index (χ0n) is 18.4. The van der Waals surface area contributed by atoms with E-state index >= 15 is 0 Å². The second-order valence-corrected chi connectivity index (χ2v) is 11.3. The molecule has 1 amide bonds. The van der Waals surface area contributed by atoms with Crippen LogP contribution in [0, 0.1) is 0 Å². The lowest BCUT2D eigenvalue weighted by atomic mass is 9.93. The van der Waals surface area contributed by atoms with Crippen molar-refractivity contribution in [1.29, 1.82) is 0 Å². The monoisotopic (exact) mass is 440 g/mol. The van der Waals surface area contributed by atoms with Crippen LogP contribution in [-0.2, 0) is 26.5 Å². The van der Waals surface area contributed by atoms with Gasteiger partial charge in [-0.3, -0.25) is 4.79 Å². The molecule has 1 fully saturated rings. The summed E-state index contributed by atoms with van der Waals surface area (Å²) in [5.74, 6) is 0.0303. The van der Waals surface area contributed by atoms with Gasteiger partial charge in [-0.05, 0) is 36.6 Å². The molecule has 164 valence electrons. The summed E-state index contributed by atoms with van der Waals surface area (Å²) in [6.07, 6.45) is 5.01. The van der Waals surface area contributed by atoms with E-state index in [2.05, 4.69) is 25.8 Å². The molecule has 2 aromatic heterocycles. The van der Waals surface area contributed by atoms with Gasteiger partial charge in [0.25, 0.3) is 0 Å². The normalized spacial score (nSPS) is 17.4. The number of carbonyl (C=O) groups is 1. The van der Waals surface area contributed by atoms with Crippen LogP contribution in [0.1, 0.15) is 56.6 Å². The Morgan fingerprint density at radius 1 is 1.16 bits per heavy atom. The highest BCUT2D eigenvalue weighted by Gasteiger charge is 2.32. The summed E-state index contributed by atoms with van der Waals surface area (Å²) in [5.41, 5.74) is 3.44. The van der Waals surface area contributed by atoms with Gasteiger partial charge in [-0.2, -0.15) is 5.10 Å². The van der Waals surface area contributed by atoms with Crippen LogP contribution in [0.4, 0.5) is 0 Å². The van der Waals surface area contributed by atoms with Gasteiger partial charge in [0.1, 0.15) is 0 Å². The van der Waals surface area contributed by atoms with Gasteiger partial charge in [0, 0.05) is 30.5 Å². The molecular formula is C23H28N4O3S. The molecule has 1 aliphatic heterocycles. The molecule has 1 saturated heterocycles. The molecule has 1 aromatic carbocycles. The number of aromatic nitrogens is 3. The minimum atomic E-state index is -3.25. The van der Waals surface area contributed by atoms with Gasteiger partial charge in [-0.25, -0.2) is 17.9 Å². The second-order valence-electron chi connectivity index (χ2n) is 9.26. The molecule has 0 saturated carbocycles. The summed E-state index contributed by atoms with van der Waals surface area (Å²) in [6, 6.07) is 10.5. The van der Waals surface area contributed by atoms with E-state index in [0.29, 0.717) is 6.54 Å². The quantitative estimate of drug-likeness (QED) is 0.621. The lowest BCUT2D eigenvalue weighted by Gasteiger charge is -2.25. The number of rotatable bonds is 4. The zero-order chi connectivity index (χ0) is 22.4. The number of likely N-dealkylation sites (tertiary alicyclic amines) is 1. The molecule has 0 radical (unpaired) electrons. The molecule has 1 atom stereocenters. The average Bonchev–Trinajstić information content (AvgIpc) is 3.34. The van der Waals surface area contributed by atoms with Gasteiger partial charge in [0.2, 0.25) is 5.91 Å². The maximum atomic E-state index is 13.1. The maximum Gasteiger partial charge on any atom is 0.227 e. The van der Waals surface area contributed by atoms with E-state index in [-0.39, 0.29) is 28.7 Å². The van der Waals surface area contributed by atoms with Gasteiger partial charge in [-0.15, -0.1) is 0 Å². The summed E-state index contributed by atoms with van der Waals surface area (Å²) in [6.45, 7) is 7.06. The van der Waals surface area contributed by atoms with Gasteiger partial charge < -0.3 is 4.90 Å². The topological polar surface area (TPSA) is 84.6 Å². The Balaban J connectivity index is 1.59. The molecule has 4 rings (SSSR count). The van der Waals surface area contributed by atoms with E-state index in [1.165, 1.54) is 6.26 Å². The van der Waals surface area contributed by atoms with Crippen molar-refractivity contribution < 1.29 is 13.2 Å². The average molecular weight is 441 g/mol. The highest BCUT2D eigenvalue weighted by atomic mass is 32.2. The van der Waals surface area contributed by atoms with E-state index in [9.17, 15) is 13.2 Å². The molecule has 8 heteroatoms. The van der Waals surface area contributed by atoms with Gasteiger partial charge in [-0.1, -0.05) is 32.9 Å². The van der Waals surface area contributed by atoms with Crippen molar-refractivity contribution in [1.82, 2.24) is 19.5 Å². The van der Waals surface area contributed by atoms with Crippen molar-refractivity contribution in [2.75, 3.05) is 12.8 Å². The van der Waals surface area contributed by atoms with Crippen molar-refractivity contribution >= 4 is 21.4 Å². The molecule has 3 heterocycles. The Hall–Kier alpha value is -2.74. The molecule has 7 nitrogen and oxygen atoms in total. The molecule has 0 bridgehead atoms. The highest BCUT2D eigenvalue weighted by molar-refractivity contribution is 7.90. The van der Waals surface area contributed by atoms with E-state index in [4.69, 9.17) is 5.10 Å². The molecule has 0 spiro atoms. The van der Waals surface area contributed by atoms with E-state index in [1.807, 2.05) is 21.5 Å². The summed E-state index contributed by atoms with van der Waals surface area (Å²) in [4.78, 5) is 19.8. The molecular weight excluding hydrogens is 412 g/mol. The van der Waals surface area contributed by atoms with Gasteiger partial charge in [0.05, 0.1) is 28.7 Å². The van der Waals surface area contributed by atoms with Crippen LogP contribution in [0.2, 0.25) is 0 Å². The Bertz CT molecular complexity index is 1220. The smallest absolute Gasteiger partial charge is 0.227 e. The van der Waals surface area contributed by atoms with Crippen molar-refractivity contribution in [2.45, 2.75) is 56.4 Å². The standard InChI is InChI=1S/C23H28N4O3S/c1-23(2,3)20-15-21-24-12-11-19(27(21)25-20)18-6-5-13-26(18)22(28)14-16-7-9-17(10-8-16)31(4,29)30/h7-12,15,18H,5-6,13-14H2,1-4H3. The van der Waals surface area contributed by atoms with E-state index < -0.39 is 9.84 Å². The fourth-order valence-corrected chi connectivity index (χ4v) is 4.67. The molecule has 1 unspecified atom stereocenters. The van der Waals surface area contributed by atoms with Crippen LogP contribution >= 0.6 is 0 Å². The molecule has 0 aliphatic carbocycles. The number of sulfone groups is 1. The molecule has 31 heavy (non-hydrogen) atoms. The predicted octanol–water partition coefficient (Wildman–Crippen LogP) is 3.34. The Labute approximate surface area is 183 Å². The van der Waals surface area contributed by atoms with Crippen molar-refractivity contribution in [2.24, 2.45) is 0 Å². The first-order valence-corrected chi connectivity index (χ1v) is 12.4. The fourth-order valence-electron chi connectivity index (χ4n) is 4.04. The first-order chi connectivity index (χ1) is 14.5. The van der Waals surface area contributed by atoms with E-state index in [1.54, 1.807) is 30.5 Å². The van der Waals surface area contributed by atoms with Gasteiger partial charge in [0.15, 0.2) is 15.5 Å². The van der Waals surface area contributed by atoms with Crippen molar-refractivity contribution in [3.63, 3.8) is 0 Å². The number of nitrogens with zero attached hydrogens (tertiary/aromatic N) is 4. The zero-order valence-corrected chi connectivity index (χ0v) is 19.2. The van der Waals surface area contributed by atoms with Crippen LogP contribution in [-0.4, -0.2) is 46.6 Å². The Morgan fingerprint density at radius 2 is 1.87 bits per heavy atom. The van der Waals surface area contributed by atoms with Crippen LogP contribution in [0.5, 0.6) is 0 Å². The number of benzene rings is 1. The third-order valence-electron chi connectivity index (χ3n) is 5.78. The summed E-state index contributed by atoms with van der Waals surface area (Å²) < 4.78 is 25.2. The van der Waals surface area contributed by atoms with Crippen LogP contribution in [0.3, 0.4) is 0 Å². The number of amides is 1. The van der Waals surface area contributed by atoms with Gasteiger partial charge >= 0.3 is 0 Å². The van der Waals surface area contributed by atoms with Crippen molar-refractivity contribution in [3.05, 3.63) is 59.5 Å². The minimum absolute atomic E-state index is 0.0303. The number of hydrogen-bond acceptors (Lipinski definition) is 5. The lowest BCUT2D eigenvalue weighted by Crippen LogP contribution is -2.32. The largest absolute Gasteiger partial charge is 0.334 e. The molecule has 0 N–H and O–H groups in total. The number of fused-ring (bicyclic) bond motifs is 1. The summed E-state index contributed by atoms with van der Waals surface area (Å²) in [5, 5.41) is 4.80. The summed E-state index contributed by atoms with van der Waals surface area (Å²) >= 11 is 0. The third-order valence-corrected chi connectivity index (χ3v) is 6.91. The maximum absolute atomic E-state index is 13.1. The number of carbonyl (C=O) groups excluding carboxylic acids is 1. The minimum Gasteiger partial charge on any atom is -0.334 e. The summed E-state index contributed by atoms with van der Waals surface area (Å²) in [7, 11) is -3.25. The number of hydrogen-bond donors (Lipinski definition) is 0. The highest BCUT2D eigenvalue weighted by Crippen LogP contribution is 2.33. The fraction of sp³-hybridized carbons (Fsp3) is 0.435. The Morgan fingerprint density at radius 3 is 2.52 bits per heavy atom. The molecule has 3 aromatic rings. The molecule has 1 aliphatic rings.